The topological polar surface area (TPSA) is 64.6 Å². The standard InChI is InChI=1S/C16H21NO4/c18-15(9-8-14-7-4-10-20-14)17-11-16(19)21-12-13-5-2-1-3-6-13/h1-3,5-6,14H,4,7-12H2,(H,17,18). The first-order valence-corrected chi connectivity index (χ1v) is 7.32. The van der Waals surface area contributed by atoms with Crippen molar-refractivity contribution in [2.75, 3.05) is 13.2 Å². The van der Waals surface area contributed by atoms with Crippen LogP contribution in [0.1, 0.15) is 31.2 Å². The molecule has 114 valence electrons. The molecule has 0 bridgehead atoms. The Morgan fingerprint density at radius 3 is 2.81 bits per heavy atom. The quantitative estimate of drug-likeness (QED) is 0.778. The summed E-state index contributed by atoms with van der Waals surface area (Å²) >= 11 is 0. The van der Waals surface area contributed by atoms with Crippen LogP contribution in [0.4, 0.5) is 0 Å². The molecule has 1 N–H and O–H groups in total. The molecule has 1 aromatic carbocycles. The number of benzene rings is 1. The van der Waals surface area contributed by atoms with Gasteiger partial charge in [-0.15, -0.1) is 0 Å². The van der Waals surface area contributed by atoms with Crippen LogP contribution in [0.2, 0.25) is 0 Å². The Kier molecular flexibility index (Phi) is 6.22. The van der Waals surface area contributed by atoms with Gasteiger partial charge in [0, 0.05) is 13.0 Å². The number of esters is 1. The van der Waals surface area contributed by atoms with Crippen molar-refractivity contribution in [3.8, 4) is 0 Å². The van der Waals surface area contributed by atoms with Gasteiger partial charge in [0.2, 0.25) is 5.91 Å². The molecule has 1 aliphatic heterocycles. The Morgan fingerprint density at radius 2 is 2.10 bits per heavy atom. The first kappa shape index (κ1) is 15.5. The summed E-state index contributed by atoms with van der Waals surface area (Å²) in [5.41, 5.74) is 0.926. The van der Waals surface area contributed by atoms with E-state index in [1.165, 1.54) is 0 Å². The molecule has 1 aromatic rings. The van der Waals surface area contributed by atoms with E-state index >= 15 is 0 Å². The molecule has 1 fully saturated rings. The SMILES string of the molecule is O=C(CCC1CCCO1)NCC(=O)OCc1ccccc1. The normalized spacial score (nSPS) is 17.4. The van der Waals surface area contributed by atoms with Crippen LogP contribution in [-0.2, 0) is 25.7 Å². The number of nitrogens with one attached hydrogen (secondary N) is 1. The number of carbonyl (C=O) groups is 2. The lowest BCUT2D eigenvalue weighted by Crippen LogP contribution is -2.31. The van der Waals surface area contributed by atoms with Crippen LogP contribution >= 0.6 is 0 Å². The maximum absolute atomic E-state index is 11.6. The molecule has 0 spiro atoms. The monoisotopic (exact) mass is 291 g/mol. The van der Waals surface area contributed by atoms with Crippen LogP contribution in [0.3, 0.4) is 0 Å². The van der Waals surface area contributed by atoms with E-state index in [0.29, 0.717) is 12.8 Å². The number of hydrogen-bond donors (Lipinski definition) is 1. The largest absolute Gasteiger partial charge is 0.460 e. The Bertz CT molecular complexity index is 455. The van der Waals surface area contributed by atoms with Crippen LogP contribution in [0.15, 0.2) is 30.3 Å². The van der Waals surface area contributed by atoms with Crippen LogP contribution < -0.4 is 5.32 Å². The molecular weight excluding hydrogens is 270 g/mol. The second-order valence-electron chi connectivity index (χ2n) is 5.10. The average Bonchev–Trinajstić information content (AvgIpc) is 3.03. The van der Waals surface area contributed by atoms with E-state index < -0.39 is 5.97 Å². The molecule has 1 heterocycles. The van der Waals surface area contributed by atoms with E-state index in [4.69, 9.17) is 9.47 Å². The van der Waals surface area contributed by atoms with Crippen molar-refractivity contribution in [1.82, 2.24) is 5.32 Å². The van der Waals surface area contributed by atoms with E-state index in [2.05, 4.69) is 5.32 Å². The molecule has 0 aromatic heterocycles. The lowest BCUT2D eigenvalue weighted by atomic mass is 10.1. The highest BCUT2D eigenvalue weighted by Gasteiger charge is 2.16. The second kappa shape index (κ2) is 8.42. The van der Waals surface area contributed by atoms with E-state index in [0.717, 1.165) is 25.0 Å². The third kappa shape index (κ3) is 5.95. The van der Waals surface area contributed by atoms with Gasteiger partial charge < -0.3 is 14.8 Å². The van der Waals surface area contributed by atoms with Gasteiger partial charge in [-0.2, -0.15) is 0 Å². The zero-order valence-corrected chi connectivity index (χ0v) is 12.0. The number of hydrogen-bond acceptors (Lipinski definition) is 4. The van der Waals surface area contributed by atoms with Crippen molar-refractivity contribution in [2.24, 2.45) is 0 Å². The molecule has 2 rings (SSSR count). The van der Waals surface area contributed by atoms with Crippen molar-refractivity contribution >= 4 is 11.9 Å². The highest BCUT2D eigenvalue weighted by molar-refractivity contribution is 5.81. The minimum atomic E-state index is -0.427. The first-order valence-electron chi connectivity index (χ1n) is 7.32. The maximum atomic E-state index is 11.6. The molecule has 0 saturated carbocycles. The van der Waals surface area contributed by atoms with Crippen molar-refractivity contribution in [3.63, 3.8) is 0 Å². The maximum Gasteiger partial charge on any atom is 0.325 e. The van der Waals surface area contributed by atoms with Gasteiger partial charge in [0.15, 0.2) is 0 Å². The Hall–Kier alpha value is -1.88. The molecule has 5 heteroatoms. The van der Waals surface area contributed by atoms with E-state index in [-0.39, 0.29) is 25.2 Å². The molecule has 1 unspecified atom stereocenters. The van der Waals surface area contributed by atoms with Gasteiger partial charge in [-0.1, -0.05) is 30.3 Å². The van der Waals surface area contributed by atoms with Gasteiger partial charge in [0.25, 0.3) is 0 Å². The molecule has 0 radical (unpaired) electrons. The van der Waals surface area contributed by atoms with E-state index in [9.17, 15) is 9.59 Å². The fourth-order valence-corrected chi connectivity index (χ4v) is 2.21. The third-order valence-corrected chi connectivity index (χ3v) is 3.39. The number of ether oxygens (including phenoxy) is 2. The van der Waals surface area contributed by atoms with Crippen LogP contribution in [-0.4, -0.2) is 31.1 Å². The van der Waals surface area contributed by atoms with Crippen molar-refractivity contribution in [3.05, 3.63) is 35.9 Å². The number of carbonyl (C=O) groups excluding carboxylic acids is 2. The van der Waals surface area contributed by atoms with Gasteiger partial charge in [-0.05, 0) is 24.8 Å². The van der Waals surface area contributed by atoms with Crippen LogP contribution in [0, 0.1) is 0 Å². The van der Waals surface area contributed by atoms with Crippen LogP contribution in [0.25, 0.3) is 0 Å². The summed E-state index contributed by atoms with van der Waals surface area (Å²) in [6.45, 7) is 0.931. The highest BCUT2D eigenvalue weighted by Crippen LogP contribution is 2.16. The molecule has 1 saturated heterocycles. The molecule has 1 atom stereocenters. The molecular formula is C16H21NO4. The predicted molar refractivity (Wildman–Crippen MR) is 77.5 cm³/mol. The Labute approximate surface area is 124 Å². The highest BCUT2D eigenvalue weighted by atomic mass is 16.5. The third-order valence-electron chi connectivity index (χ3n) is 3.39. The van der Waals surface area contributed by atoms with Crippen molar-refractivity contribution in [2.45, 2.75) is 38.4 Å². The van der Waals surface area contributed by atoms with Gasteiger partial charge in [-0.25, -0.2) is 0 Å². The summed E-state index contributed by atoms with van der Waals surface area (Å²) < 4.78 is 10.5. The van der Waals surface area contributed by atoms with E-state index in [1.54, 1.807) is 0 Å². The Morgan fingerprint density at radius 1 is 1.29 bits per heavy atom. The molecule has 1 amide bonds. The summed E-state index contributed by atoms with van der Waals surface area (Å²) in [7, 11) is 0. The second-order valence-corrected chi connectivity index (χ2v) is 5.10. The molecule has 5 nitrogen and oxygen atoms in total. The first-order chi connectivity index (χ1) is 10.2. The molecule has 0 aliphatic carbocycles. The summed E-state index contributed by atoms with van der Waals surface area (Å²) in [4.78, 5) is 23.1. The molecule has 21 heavy (non-hydrogen) atoms. The van der Waals surface area contributed by atoms with Gasteiger partial charge in [0.1, 0.15) is 13.2 Å². The lowest BCUT2D eigenvalue weighted by molar-refractivity contribution is -0.145. The fraction of sp³-hybridized carbons (Fsp3) is 0.500. The minimum Gasteiger partial charge on any atom is -0.460 e. The Balaban J connectivity index is 1.56. The van der Waals surface area contributed by atoms with Gasteiger partial charge in [0.05, 0.1) is 6.10 Å². The van der Waals surface area contributed by atoms with Gasteiger partial charge >= 0.3 is 5.97 Å². The predicted octanol–water partition coefficient (Wildman–Crippen LogP) is 1.81. The smallest absolute Gasteiger partial charge is 0.325 e. The zero-order chi connectivity index (χ0) is 14.9. The molecule has 1 aliphatic rings. The summed E-state index contributed by atoms with van der Waals surface area (Å²) in [5, 5.41) is 2.57. The van der Waals surface area contributed by atoms with Crippen molar-refractivity contribution < 1.29 is 19.1 Å². The van der Waals surface area contributed by atoms with Crippen molar-refractivity contribution in [1.29, 1.82) is 0 Å². The lowest BCUT2D eigenvalue weighted by Gasteiger charge is -2.09. The average molecular weight is 291 g/mol. The summed E-state index contributed by atoms with van der Waals surface area (Å²) in [6, 6.07) is 9.44. The summed E-state index contributed by atoms with van der Waals surface area (Å²) in [6.07, 6.45) is 3.38. The van der Waals surface area contributed by atoms with Gasteiger partial charge in [-0.3, -0.25) is 9.59 Å². The van der Waals surface area contributed by atoms with E-state index in [1.807, 2.05) is 30.3 Å². The minimum absolute atomic E-state index is 0.0861. The number of rotatable bonds is 7. The fourth-order valence-electron chi connectivity index (χ4n) is 2.21. The number of amides is 1. The zero-order valence-electron chi connectivity index (χ0n) is 12.0. The van der Waals surface area contributed by atoms with Crippen LogP contribution in [0.5, 0.6) is 0 Å². The summed E-state index contributed by atoms with van der Waals surface area (Å²) in [5.74, 6) is -0.563.